The first-order valence-electron chi connectivity index (χ1n) is 6.88. The maximum absolute atomic E-state index is 12.5. The highest BCUT2D eigenvalue weighted by Gasteiger charge is 2.63. The van der Waals surface area contributed by atoms with E-state index in [0.29, 0.717) is 17.1 Å². The fraction of sp³-hybridized carbons (Fsp3) is 0.933. The minimum absolute atomic E-state index is 0.261. The molecule has 1 heteroatoms. The molecule has 2 rings (SSSR count). The van der Waals surface area contributed by atoms with E-state index in [4.69, 9.17) is 0 Å². The van der Waals surface area contributed by atoms with Gasteiger partial charge in [-0.25, -0.2) is 0 Å². The van der Waals surface area contributed by atoms with Crippen molar-refractivity contribution in [2.75, 3.05) is 0 Å². The van der Waals surface area contributed by atoms with Gasteiger partial charge in [0, 0.05) is 11.8 Å². The lowest BCUT2D eigenvalue weighted by atomic mass is 9.64. The fourth-order valence-corrected chi connectivity index (χ4v) is 4.18. The fourth-order valence-electron chi connectivity index (χ4n) is 4.18. The normalized spacial score (nSPS) is 42.3. The van der Waals surface area contributed by atoms with Gasteiger partial charge in [0.25, 0.3) is 0 Å². The number of carbonyl (C=O) groups excluding carboxylic acids is 1. The number of Topliss-reactive ketones (excluding diaryl/α,β-unsaturated/α-hetero) is 1. The quantitative estimate of drug-likeness (QED) is 0.703. The van der Waals surface area contributed by atoms with Crippen LogP contribution in [-0.2, 0) is 4.79 Å². The average molecular weight is 222 g/mol. The van der Waals surface area contributed by atoms with Gasteiger partial charge in [-0.3, -0.25) is 4.79 Å². The summed E-state index contributed by atoms with van der Waals surface area (Å²) in [5.41, 5.74) is 0.652. The first-order valence-corrected chi connectivity index (χ1v) is 6.88. The van der Waals surface area contributed by atoms with Crippen molar-refractivity contribution < 1.29 is 4.79 Å². The van der Waals surface area contributed by atoms with Gasteiger partial charge in [-0.15, -0.1) is 0 Å². The van der Waals surface area contributed by atoms with Crippen molar-refractivity contribution in [1.82, 2.24) is 0 Å². The number of carbonyl (C=O) groups is 1. The molecule has 0 spiro atoms. The highest BCUT2D eigenvalue weighted by molar-refractivity contribution is 5.84. The SMILES string of the molecule is CCC(C)C(=O)C1CC2CCC1(C)C2(C)C. The van der Waals surface area contributed by atoms with Crippen LogP contribution in [-0.4, -0.2) is 5.78 Å². The van der Waals surface area contributed by atoms with E-state index in [1.165, 1.54) is 12.8 Å². The highest BCUT2D eigenvalue weighted by atomic mass is 16.1. The van der Waals surface area contributed by atoms with Gasteiger partial charge in [-0.1, -0.05) is 34.6 Å². The first-order chi connectivity index (χ1) is 7.34. The lowest BCUT2D eigenvalue weighted by Gasteiger charge is -2.39. The molecular weight excluding hydrogens is 196 g/mol. The Bertz CT molecular complexity index is 305. The summed E-state index contributed by atoms with van der Waals surface area (Å²) >= 11 is 0. The Morgan fingerprint density at radius 3 is 2.38 bits per heavy atom. The molecule has 92 valence electrons. The minimum atomic E-state index is 0.261. The van der Waals surface area contributed by atoms with Crippen LogP contribution >= 0.6 is 0 Å². The maximum atomic E-state index is 12.5. The highest BCUT2D eigenvalue weighted by Crippen LogP contribution is 2.68. The summed E-state index contributed by atoms with van der Waals surface area (Å²) in [6.45, 7) is 11.4. The van der Waals surface area contributed by atoms with Crippen molar-refractivity contribution in [2.24, 2.45) is 28.6 Å². The Hall–Kier alpha value is -0.330. The second kappa shape index (κ2) is 3.58. The largest absolute Gasteiger partial charge is 0.299 e. The molecule has 4 unspecified atom stereocenters. The molecule has 0 heterocycles. The predicted octanol–water partition coefficient (Wildman–Crippen LogP) is 4.06. The van der Waals surface area contributed by atoms with E-state index in [2.05, 4.69) is 34.6 Å². The van der Waals surface area contributed by atoms with Crippen LogP contribution in [0.2, 0.25) is 0 Å². The number of hydrogen-bond donors (Lipinski definition) is 0. The van der Waals surface area contributed by atoms with Crippen molar-refractivity contribution in [3.05, 3.63) is 0 Å². The Balaban J connectivity index is 2.25. The molecule has 4 atom stereocenters. The number of fused-ring (bicyclic) bond motifs is 2. The molecule has 2 bridgehead atoms. The van der Waals surface area contributed by atoms with Crippen LogP contribution in [0, 0.1) is 28.6 Å². The smallest absolute Gasteiger partial charge is 0.139 e. The number of rotatable bonds is 3. The van der Waals surface area contributed by atoms with Gasteiger partial charge in [-0.05, 0) is 42.4 Å². The summed E-state index contributed by atoms with van der Waals surface area (Å²) in [4.78, 5) is 12.5. The Labute approximate surface area is 100.0 Å². The summed E-state index contributed by atoms with van der Waals surface area (Å²) in [6.07, 6.45) is 4.76. The van der Waals surface area contributed by atoms with Crippen LogP contribution in [0.25, 0.3) is 0 Å². The average Bonchev–Trinajstić information content (AvgIpc) is 2.58. The monoisotopic (exact) mass is 222 g/mol. The molecule has 0 amide bonds. The van der Waals surface area contributed by atoms with Crippen molar-refractivity contribution >= 4 is 5.78 Å². The zero-order valence-corrected chi connectivity index (χ0v) is 11.5. The van der Waals surface area contributed by atoms with Gasteiger partial charge in [0.05, 0.1) is 0 Å². The Kier molecular flexibility index (Phi) is 2.72. The molecule has 0 N–H and O–H groups in total. The van der Waals surface area contributed by atoms with E-state index in [1.807, 2.05) is 0 Å². The molecule has 2 fully saturated rings. The van der Waals surface area contributed by atoms with E-state index in [1.54, 1.807) is 0 Å². The van der Waals surface area contributed by atoms with Gasteiger partial charge >= 0.3 is 0 Å². The summed E-state index contributed by atoms with van der Waals surface area (Å²) in [5.74, 6) is 1.93. The van der Waals surface area contributed by atoms with E-state index in [9.17, 15) is 4.79 Å². The Morgan fingerprint density at radius 2 is 2.00 bits per heavy atom. The molecular formula is C15H26O. The molecule has 1 nitrogen and oxygen atoms in total. The van der Waals surface area contributed by atoms with Crippen LogP contribution < -0.4 is 0 Å². The van der Waals surface area contributed by atoms with E-state index in [-0.39, 0.29) is 11.3 Å². The van der Waals surface area contributed by atoms with Crippen LogP contribution in [0.3, 0.4) is 0 Å². The molecule has 2 aliphatic carbocycles. The lowest BCUT2D eigenvalue weighted by molar-refractivity contribution is -0.131. The maximum Gasteiger partial charge on any atom is 0.139 e. The lowest BCUT2D eigenvalue weighted by Crippen LogP contribution is -2.38. The third-order valence-corrected chi connectivity index (χ3v) is 6.24. The predicted molar refractivity (Wildman–Crippen MR) is 67.2 cm³/mol. The summed E-state index contributed by atoms with van der Waals surface area (Å²) < 4.78 is 0. The molecule has 0 saturated heterocycles. The van der Waals surface area contributed by atoms with Crippen LogP contribution in [0.1, 0.15) is 60.3 Å². The van der Waals surface area contributed by atoms with E-state index < -0.39 is 0 Å². The third kappa shape index (κ3) is 1.33. The molecule has 16 heavy (non-hydrogen) atoms. The second-order valence-corrected chi connectivity index (χ2v) is 6.87. The standard InChI is InChI=1S/C15H26O/c1-6-10(2)13(16)12-9-11-7-8-15(12,5)14(11,3)4/h10-12H,6-9H2,1-5H3. The number of ketones is 1. The van der Waals surface area contributed by atoms with Crippen molar-refractivity contribution in [1.29, 1.82) is 0 Å². The molecule has 2 saturated carbocycles. The molecule has 0 aromatic rings. The van der Waals surface area contributed by atoms with Gasteiger partial charge in [0.1, 0.15) is 5.78 Å². The van der Waals surface area contributed by atoms with Crippen LogP contribution in [0.15, 0.2) is 0 Å². The van der Waals surface area contributed by atoms with Crippen LogP contribution in [0.4, 0.5) is 0 Å². The zero-order chi connectivity index (χ0) is 12.1. The molecule has 0 aromatic carbocycles. The van der Waals surface area contributed by atoms with E-state index >= 15 is 0 Å². The van der Waals surface area contributed by atoms with Gasteiger partial charge in [0.15, 0.2) is 0 Å². The van der Waals surface area contributed by atoms with E-state index in [0.717, 1.165) is 18.8 Å². The van der Waals surface area contributed by atoms with Gasteiger partial charge in [-0.2, -0.15) is 0 Å². The topological polar surface area (TPSA) is 17.1 Å². The van der Waals surface area contributed by atoms with Crippen LogP contribution in [0.5, 0.6) is 0 Å². The summed E-state index contributed by atoms with van der Waals surface area (Å²) in [5, 5.41) is 0. The van der Waals surface area contributed by atoms with Crippen molar-refractivity contribution in [3.63, 3.8) is 0 Å². The minimum Gasteiger partial charge on any atom is -0.299 e. The summed E-state index contributed by atoms with van der Waals surface area (Å²) in [6, 6.07) is 0. The van der Waals surface area contributed by atoms with Crippen molar-refractivity contribution in [2.45, 2.75) is 60.3 Å². The Morgan fingerprint density at radius 1 is 1.38 bits per heavy atom. The van der Waals surface area contributed by atoms with Gasteiger partial charge < -0.3 is 0 Å². The van der Waals surface area contributed by atoms with Gasteiger partial charge in [0.2, 0.25) is 0 Å². The number of hydrogen-bond acceptors (Lipinski definition) is 1. The van der Waals surface area contributed by atoms with Crippen molar-refractivity contribution in [3.8, 4) is 0 Å². The zero-order valence-electron chi connectivity index (χ0n) is 11.5. The summed E-state index contributed by atoms with van der Waals surface area (Å²) in [7, 11) is 0. The molecule has 0 aliphatic heterocycles. The first kappa shape index (κ1) is 12.1. The third-order valence-electron chi connectivity index (χ3n) is 6.24. The molecule has 0 aromatic heterocycles. The molecule has 2 aliphatic rings. The molecule has 0 radical (unpaired) electrons. The second-order valence-electron chi connectivity index (χ2n) is 6.87.